The Morgan fingerprint density at radius 1 is 1.03 bits per heavy atom. The number of nitrogens with one attached hydrogen (secondary N) is 1. The third kappa shape index (κ3) is 5.09. The number of carbonyl (C=O) groups excluding carboxylic acids is 2. The van der Waals surface area contributed by atoms with Gasteiger partial charge in [-0.05, 0) is 61.4 Å². The molecule has 0 bridgehead atoms. The molecule has 2 saturated carbocycles. The summed E-state index contributed by atoms with van der Waals surface area (Å²) in [4.78, 5) is 30.0. The van der Waals surface area contributed by atoms with Crippen molar-refractivity contribution in [3.05, 3.63) is 59.7 Å². The van der Waals surface area contributed by atoms with Gasteiger partial charge in [0, 0.05) is 44.0 Å². The monoisotopic (exact) mass is 419 g/mol. The number of anilines is 2. The van der Waals surface area contributed by atoms with E-state index >= 15 is 0 Å². The summed E-state index contributed by atoms with van der Waals surface area (Å²) in [7, 11) is 4.03. The van der Waals surface area contributed by atoms with Crippen LogP contribution in [-0.2, 0) is 16.1 Å². The van der Waals surface area contributed by atoms with Gasteiger partial charge in [-0.3, -0.25) is 9.59 Å². The number of nitrogens with zero attached hydrogens (tertiary/aromatic N) is 2. The second kappa shape index (κ2) is 9.13. The Hall–Kier alpha value is -2.82. The largest absolute Gasteiger partial charge is 0.377 e. The molecule has 0 aromatic heterocycles. The van der Waals surface area contributed by atoms with Gasteiger partial charge in [0.25, 0.3) is 0 Å². The van der Waals surface area contributed by atoms with Crippen LogP contribution in [0.4, 0.5) is 11.4 Å². The van der Waals surface area contributed by atoms with Crippen molar-refractivity contribution in [2.45, 2.75) is 57.5 Å². The average molecular weight is 420 g/mol. The summed E-state index contributed by atoms with van der Waals surface area (Å²) >= 11 is 0. The molecule has 2 amide bonds. The Morgan fingerprint density at radius 3 is 2.32 bits per heavy atom. The van der Waals surface area contributed by atoms with Crippen molar-refractivity contribution < 1.29 is 9.59 Å². The first-order valence-electron chi connectivity index (χ1n) is 11.4. The smallest absolute Gasteiger partial charge is 0.230 e. The van der Waals surface area contributed by atoms with Gasteiger partial charge in [0.2, 0.25) is 11.8 Å². The van der Waals surface area contributed by atoms with E-state index in [1.165, 1.54) is 0 Å². The van der Waals surface area contributed by atoms with Crippen LogP contribution >= 0.6 is 0 Å². The third-order valence-electron chi connectivity index (χ3n) is 6.30. The van der Waals surface area contributed by atoms with E-state index in [9.17, 15) is 9.59 Å². The van der Waals surface area contributed by atoms with E-state index in [1.54, 1.807) is 0 Å². The van der Waals surface area contributed by atoms with Gasteiger partial charge in [0.1, 0.15) is 0 Å². The van der Waals surface area contributed by atoms with Crippen LogP contribution in [-0.4, -0.2) is 36.9 Å². The van der Waals surface area contributed by atoms with Gasteiger partial charge in [-0.2, -0.15) is 0 Å². The van der Waals surface area contributed by atoms with Gasteiger partial charge >= 0.3 is 0 Å². The van der Waals surface area contributed by atoms with Crippen molar-refractivity contribution in [2.75, 3.05) is 24.3 Å². The summed E-state index contributed by atoms with van der Waals surface area (Å²) in [6, 6.07) is 16.5. The Balaban J connectivity index is 1.59. The van der Waals surface area contributed by atoms with Gasteiger partial charge in [-0.25, -0.2) is 0 Å². The molecule has 2 aliphatic rings. The molecule has 2 aromatic carbocycles. The molecule has 4 rings (SSSR count). The Labute approximate surface area is 185 Å². The van der Waals surface area contributed by atoms with Crippen molar-refractivity contribution >= 4 is 23.2 Å². The maximum atomic E-state index is 13.6. The van der Waals surface area contributed by atoms with Gasteiger partial charge in [-0.1, -0.05) is 37.3 Å². The van der Waals surface area contributed by atoms with Crippen molar-refractivity contribution in [1.29, 1.82) is 0 Å². The minimum Gasteiger partial charge on any atom is -0.377 e. The highest BCUT2D eigenvalue weighted by Crippen LogP contribution is 2.35. The number of carbonyl (C=O) groups is 2. The summed E-state index contributed by atoms with van der Waals surface area (Å²) in [6.45, 7) is 2.65. The molecule has 5 heteroatoms. The molecular formula is C26H33N3O2. The van der Waals surface area contributed by atoms with Crippen LogP contribution in [0.5, 0.6) is 0 Å². The van der Waals surface area contributed by atoms with Gasteiger partial charge in [0.05, 0.1) is 5.92 Å². The molecule has 0 heterocycles. The normalized spacial score (nSPS) is 16.5. The Kier molecular flexibility index (Phi) is 6.30. The molecule has 31 heavy (non-hydrogen) atoms. The first kappa shape index (κ1) is 21.4. The first-order chi connectivity index (χ1) is 15.0. The lowest BCUT2D eigenvalue weighted by atomic mass is 9.94. The van der Waals surface area contributed by atoms with Crippen molar-refractivity contribution in [1.82, 2.24) is 4.90 Å². The van der Waals surface area contributed by atoms with E-state index in [2.05, 4.69) is 34.2 Å². The molecule has 0 saturated heterocycles. The van der Waals surface area contributed by atoms with Crippen LogP contribution in [0.15, 0.2) is 48.5 Å². The highest BCUT2D eigenvalue weighted by Gasteiger charge is 2.36. The zero-order chi connectivity index (χ0) is 22.0. The van der Waals surface area contributed by atoms with E-state index < -0.39 is 0 Å². The molecule has 0 spiro atoms. The fourth-order valence-corrected chi connectivity index (χ4v) is 4.21. The molecule has 2 aromatic rings. The third-order valence-corrected chi connectivity index (χ3v) is 6.30. The lowest BCUT2D eigenvalue weighted by molar-refractivity contribution is -0.134. The second-order valence-corrected chi connectivity index (χ2v) is 9.07. The number of amides is 2. The molecule has 0 aliphatic heterocycles. The van der Waals surface area contributed by atoms with Gasteiger partial charge in [-0.15, -0.1) is 0 Å². The van der Waals surface area contributed by atoms with Gasteiger partial charge in [0.15, 0.2) is 0 Å². The van der Waals surface area contributed by atoms with E-state index in [0.717, 1.165) is 54.6 Å². The number of benzene rings is 2. The van der Waals surface area contributed by atoms with E-state index in [-0.39, 0.29) is 23.7 Å². The molecule has 5 nitrogen and oxygen atoms in total. The number of hydrogen-bond donors (Lipinski definition) is 1. The summed E-state index contributed by atoms with van der Waals surface area (Å²) in [5, 5.41) is 3.06. The summed E-state index contributed by atoms with van der Waals surface area (Å²) < 4.78 is 0. The Bertz CT molecular complexity index is 933. The lowest BCUT2D eigenvalue weighted by Gasteiger charge is -2.29. The zero-order valence-electron chi connectivity index (χ0n) is 18.8. The van der Waals surface area contributed by atoms with Crippen molar-refractivity contribution in [3.63, 3.8) is 0 Å². The van der Waals surface area contributed by atoms with Crippen LogP contribution < -0.4 is 10.2 Å². The number of hydrogen-bond acceptors (Lipinski definition) is 3. The SMILES string of the molecule is CC[C@@H](C(=O)N(Cc1cc(NC(=O)C2CC2)ccc1N(C)C)C1CC1)c1ccccc1. The summed E-state index contributed by atoms with van der Waals surface area (Å²) in [5.74, 6) is 0.349. The predicted molar refractivity (Wildman–Crippen MR) is 125 cm³/mol. The van der Waals surface area contributed by atoms with Crippen molar-refractivity contribution in [3.8, 4) is 0 Å². The lowest BCUT2D eigenvalue weighted by Crippen LogP contribution is -2.36. The van der Waals surface area contributed by atoms with E-state index in [4.69, 9.17) is 0 Å². The Morgan fingerprint density at radius 2 is 1.74 bits per heavy atom. The van der Waals surface area contributed by atoms with Crippen LogP contribution in [0.3, 0.4) is 0 Å². The predicted octanol–water partition coefficient (Wildman–Crippen LogP) is 4.79. The molecule has 164 valence electrons. The van der Waals surface area contributed by atoms with Gasteiger partial charge < -0.3 is 15.1 Å². The number of rotatable bonds is 9. The standard InChI is InChI=1S/C26H33N3O2/c1-4-23(18-8-6-5-7-9-18)26(31)29(22-13-14-22)17-20-16-21(12-15-24(20)28(2)3)27-25(30)19-10-11-19/h5-9,12,15-16,19,22-23H,4,10-11,13-14,17H2,1-3H3,(H,27,30)/t23-/m1/s1. The molecule has 1 N–H and O–H groups in total. The molecule has 1 atom stereocenters. The second-order valence-electron chi connectivity index (χ2n) is 9.07. The average Bonchev–Trinajstić information content (AvgIpc) is 3.65. The molecule has 2 fully saturated rings. The highest BCUT2D eigenvalue weighted by atomic mass is 16.2. The minimum atomic E-state index is -0.123. The molecule has 0 unspecified atom stereocenters. The van der Waals surface area contributed by atoms with Crippen LogP contribution in [0.1, 0.15) is 56.1 Å². The van der Waals surface area contributed by atoms with Crippen LogP contribution in [0.25, 0.3) is 0 Å². The topological polar surface area (TPSA) is 52.7 Å². The molecule has 2 aliphatic carbocycles. The zero-order valence-corrected chi connectivity index (χ0v) is 18.8. The van der Waals surface area contributed by atoms with Crippen molar-refractivity contribution in [2.24, 2.45) is 5.92 Å². The maximum Gasteiger partial charge on any atom is 0.230 e. The van der Waals surface area contributed by atoms with E-state index in [0.29, 0.717) is 12.6 Å². The highest BCUT2D eigenvalue weighted by molar-refractivity contribution is 5.94. The minimum absolute atomic E-state index is 0.105. The maximum absolute atomic E-state index is 13.6. The van der Waals surface area contributed by atoms with Crippen LogP contribution in [0.2, 0.25) is 0 Å². The first-order valence-corrected chi connectivity index (χ1v) is 11.4. The fourth-order valence-electron chi connectivity index (χ4n) is 4.21. The van der Waals surface area contributed by atoms with Crippen LogP contribution in [0, 0.1) is 5.92 Å². The summed E-state index contributed by atoms with van der Waals surface area (Å²) in [5.41, 5.74) is 4.05. The quantitative estimate of drug-likeness (QED) is 0.636. The molecular weight excluding hydrogens is 386 g/mol. The summed E-state index contributed by atoms with van der Waals surface area (Å²) in [6.07, 6.45) is 4.87. The fraction of sp³-hybridized carbons (Fsp3) is 0.462. The molecule has 0 radical (unpaired) electrons. The van der Waals surface area contributed by atoms with E-state index in [1.807, 2.05) is 50.5 Å².